The molecule has 98 valence electrons. The lowest BCUT2D eigenvalue weighted by atomic mass is 10.1. The van der Waals surface area contributed by atoms with Gasteiger partial charge < -0.3 is 10.0 Å². The van der Waals surface area contributed by atoms with Crippen LogP contribution in [0.2, 0.25) is 0 Å². The number of carboxylic acids is 1. The second kappa shape index (κ2) is 4.58. The lowest BCUT2D eigenvalue weighted by molar-refractivity contribution is 0.0697. The topological polar surface area (TPSA) is 64.3 Å². The van der Waals surface area contributed by atoms with Crippen molar-refractivity contribution < 1.29 is 9.90 Å². The zero-order chi connectivity index (χ0) is 13.4. The summed E-state index contributed by atoms with van der Waals surface area (Å²) in [4.78, 5) is 13.3. The third-order valence-electron chi connectivity index (χ3n) is 3.81. The fourth-order valence-corrected chi connectivity index (χ4v) is 2.42. The van der Waals surface area contributed by atoms with Crippen LogP contribution >= 0.6 is 0 Å². The highest BCUT2D eigenvalue weighted by Crippen LogP contribution is 2.38. The van der Waals surface area contributed by atoms with Crippen molar-refractivity contribution in [3.63, 3.8) is 0 Å². The molecule has 1 N–H and O–H groups in total. The van der Waals surface area contributed by atoms with E-state index in [-0.39, 0.29) is 5.56 Å². The molecule has 0 unspecified atom stereocenters. The summed E-state index contributed by atoms with van der Waals surface area (Å²) in [6, 6.07) is 7.57. The number of nitrogens with zero attached hydrogens (tertiary/aromatic N) is 2. The van der Waals surface area contributed by atoms with Crippen LogP contribution in [0.25, 0.3) is 0 Å². The first-order valence-electron chi connectivity index (χ1n) is 6.73. The molecule has 4 nitrogen and oxygen atoms in total. The van der Waals surface area contributed by atoms with Crippen LogP contribution in [0.3, 0.4) is 0 Å². The first kappa shape index (κ1) is 12.0. The average Bonchev–Trinajstić information content (AvgIpc) is 3.27. The van der Waals surface area contributed by atoms with Crippen molar-refractivity contribution >= 4 is 11.7 Å². The highest BCUT2D eigenvalue weighted by atomic mass is 16.4. The van der Waals surface area contributed by atoms with Gasteiger partial charge in [0.25, 0.3) is 0 Å². The number of benzene rings is 1. The second-order valence-corrected chi connectivity index (χ2v) is 5.48. The molecule has 0 radical (unpaired) electrons. The Labute approximate surface area is 112 Å². The lowest BCUT2D eigenvalue weighted by Crippen LogP contribution is -2.28. The molecule has 0 aliphatic heterocycles. The molecule has 0 aromatic heterocycles. The smallest absolute Gasteiger partial charge is 0.335 e. The number of carbonyl (C=O) groups is 1. The summed E-state index contributed by atoms with van der Waals surface area (Å²) in [6.45, 7) is 1.01. The van der Waals surface area contributed by atoms with E-state index in [4.69, 9.17) is 5.11 Å². The molecule has 0 atom stereocenters. The molecule has 0 spiro atoms. The van der Waals surface area contributed by atoms with Crippen LogP contribution in [0.1, 0.15) is 41.6 Å². The molecule has 1 aromatic rings. The van der Waals surface area contributed by atoms with E-state index in [0.717, 1.165) is 18.2 Å². The van der Waals surface area contributed by atoms with E-state index in [0.29, 0.717) is 11.6 Å². The molecule has 2 aliphatic carbocycles. The highest BCUT2D eigenvalue weighted by Gasteiger charge is 2.34. The van der Waals surface area contributed by atoms with E-state index in [2.05, 4.69) is 11.0 Å². The van der Waals surface area contributed by atoms with E-state index < -0.39 is 5.97 Å². The van der Waals surface area contributed by atoms with Gasteiger partial charge in [-0.1, -0.05) is 0 Å². The fraction of sp³-hybridized carbons (Fsp3) is 0.467. The summed E-state index contributed by atoms with van der Waals surface area (Å²) in [6.07, 6.45) is 4.91. The van der Waals surface area contributed by atoms with E-state index >= 15 is 0 Å². The molecular weight excluding hydrogens is 240 g/mol. The summed E-state index contributed by atoms with van der Waals surface area (Å²) in [5.41, 5.74) is 1.57. The van der Waals surface area contributed by atoms with Gasteiger partial charge in [0.1, 0.15) is 6.07 Å². The van der Waals surface area contributed by atoms with Gasteiger partial charge in [0.2, 0.25) is 0 Å². The van der Waals surface area contributed by atoms with Gasteiger partial charge >= 0.3 is 5.97 Å². The molecule has 4 heteroatoms. The molecule has 0 bridgehead atoms. The minimum Gasteiger partial charge on any atom is -0.478 e. The van der Waals surface area contributed by atoms with Gasteiger partial charge in [0.05, 0.1) is 16.8 Å². The normalized spacial score (nSPS) is 17.8. The predicted molar refractivity (Wildman–Crippen MR) is 71.2 cm³/mol. The Morgan fingerprint density at radius 2 is 2.11 bits per heavy atom. The third-order valence-corrected chi connectivity index (χ3v) is 3.81. The van der Waals surface area contributed by atoms with Gasteiger partial charge in [-0.2, -0.15) is 5.26 Å². The zero-order valence-corrected chi connectivity index (χ0v) is 10.7. The molecule has 0 amide bonds. The standard InChI is InChI=1S/C15H16N2O2/c16-8-12-7-11(15(18)19)3-6-14(12)17(13-4-5-13)9-10-1-2-10/h3,6-7,10,13H,1-2,4-5,9H2,(H,18,19). The predicted octanol–water partition coefficient (Wildman–Crippen LogP) is 2.64. The van der Waals surface area contributed by atoms with Gasteiger partial charge in [-0.05, 0) is 49.8 Å². The van der Waals surface area contributed by atoms with Crippen LogP contribution in [0.15, 0.2) is 18.2 Å². The highest BCUT2D eigenvalue weighted by molar-refractivity contribution is 5.89. The van der Waals surface area contributed by atoms with E-state index in [1.807, 2.05) is 0 Å². The van der Waals surface area contributed by atoms with Crippen molar-refractivity contribution in [2.75, 3.05) is 11.4 Å². The van der Waals surface area contributed by atoms with Crippen LogP contribution in [-0.4, -0.2) is 23.7 Å². The summed E-state index contributed by atoms with van der Waals surface area (Å²) >= 11 is 0. The minimum atomic E-state index is -0.983. The Balaban J connectivity index is 1.92. The molecule has 1 aromatic carbocycles. The van der Waals surface area contributed by atoms with E-state index in [9.17, 15) is 10.1 Å². The number of aromatic carboxylic acids is 1. The van der Waals surface area contributed by atoms with Crippen LogP contribution in [0.5, 0.6) is 0 Å². The summed E-state index contributed by atoms with van der Waals surface area (Å²) in [5.74, 6) is -0.227. The van der Waals surface area contributed by atoms with Crippen molar-refractivity contribution in [3.8, 4) is 6.07 Å². The second-order valence-electron chi connectivity index (χ2n) is 5.48. The first-order chi connectivity index (χ1) is 9.19. The van der Waals surface area contributed by atoms with Gasteiger partial charge in [-0.3, -0.25) is 0 Å². The fourth-order valence-electron chi connectivity index (χ4n) is 2.42. The van der Waals surface area contributed by atoms with Crippen LogP contribution < -0.4 is 4.90 Å². The molecule has 2 fully saturated rings. The van der Waals surface area contributed by atoms with Gasteiger partial charge in [-0.15, -0.1) is 0 Å². The maximum atomic E-state index is 11.0. The molecular formula is C15H16N2O2. The number of carboxylic acid groups (broad SMARTS) is 1. The van der Waals surface area contributed by atoms with Crippen LogP contribution in [0, 0.1) is 17.2 Å². The van der Waals surface area contributed by atoms with Gasteiger partial charge in [0, 0.05) is 12.6 Å². The molecule has 0 heterocycles. The molecule has 2 aliphatic rings. The van der Waals surface area contributed by atoms with Crippen molar-refractivity contribution in [1.29, 1.82) is 5.26 Å². The number of hydrogen-bond acceptors (Lipinski definition) is 3. The van der Waals surface area contributed by atoms with Crippen molar-refractivity contribution in [2.45, 2.75) is 31.7 Å². The molecule has 0 saturated heterocycles. The van der Waals surface area contributed by atoms with E-state index in [1.165, 1.54) is 31.7 Å². The van der Waals surface area contributed by atoms with Gasteiger partial charge in [-0.25, -0.2) is 4.79 Å². The third kappa shape index (κ3) is 2.55. The monoisotopic (exact) mass is 256 g/mol. The molecule has 3 rings (SSSR count). The Morgan fingerprint density at radius 1 is 1.37 bits per heavy atom. The van der Waals surface area contributed by atoms with Crippen LogP contribution in [-0.2, 0) is 0 Å². The Kier molecular flexibility index (Phi) is 2.90. The molecule has 19 heavy (non-hydrogen) atoms. The summed E-state index contributed by atoms with van der Waals surface area (Å²) < 4.78 is 0. The minimum absolute atomic E-state index is 0.183. The van der Waals surface area contributed by atoms with Crippen molar-refractivity contribution in [1.82, 2.24) is 0 Å². The Hall–Kier alpha value is -2.02. The average molecular weight is 256 g/mol. The van der Waals surface area contributed by atoms with Crippen molar-refractivity contribution in [3.05, 3.63) is 29.3 Å². The number of anilines is 1. The summed E-state index contributed by atoms with van der Waals surface area (Å²) in [7, 11) is 0. The van der Waals surface area contributed by atoms with Crippen molar-refractivity contribution in [2.24, 2.45) is 5.92 Å². The molecule has 2 saturated carbocycles. The lowest BCUT2D eigenvalue weighted by Gasteiger charge is -2.25. The maximum Gasteiger partial charge on any atom is 0.335 e. The quantitative estimate of drug-likeness (QED) is 0.879. The van der Waals surface area contributed by atoms with Gasteiger partial charge in [0.15, 0.2) is 0 Å². The number of rotatable bonds is 5. The zero-order valence-electron chi connectivity index (χ0n) is 10.7. The Morgan fingerprint density at radius 3 is 2.63 bits per heavy atom. The summed E-state index contributed by atoms with van der Waals surface area (Å²) in [5, 5.41) is 18.2. The van der Waals surface area contributed by atoms with Crippen LogP contribution in [0.4, 0.5) is 5.69 Å². The number of nitriles is 1. The van der Waals surface area contributed by atoms with E-state index in [1.54, 1.807) is 12.1 Å². The Bertz CT molecular complexity index is 554. The maximum absolute atomic E-state index is 11.0. The SMILES string of the molecule is N#Cc1cc(C(=O)O)ccc1N(CC1CC1)C1CC1. The largest absolute Gasteiger partial charge is 0.478 e. The number of hydrogen-bond donors (Lipinski definition) is 1. The first-order valence-corrected chi connectivity index (χ1v) is 6.73.